The summed E-state index contributed by atoms with van der Waals surface area (Å²) in [5.41, 5.74) is 0.0480. The van der Waals surface area contributed by atoms with Crippen molar-refractivity contribution in [1.29, 1.82) is 0 Å². The van der Waals surface area contributed by atoms with Gasteiger partial charge in [-0.05, 0) is 24.6 Å². The van der Waals surface area contributed by atoms with Gasteiger partial charge in [0.1, 0.15) is 0 Å². The zero-order valence-corrected chi connectivity index (χ0v) is 11.9. The fraction of sp³-hybridized carbons (Fsp3) is 0.300. The van der Waals surface area contributed by atoms with E-state index in [0.29, 0.717) is 0 Å². The fourth-order valence-electron chi connectivity index (χ4n) is 1.38. The zero-order valence-electron chi connectivity index (χ0n) is 10.3. The van der Waals surface area contributed by atoms with E-state index in [-0.39, 0.29) is 29.2 Å². The molecule has 0 aliphatic carbocycles. The van der Waals surface area contributed by atoms with Crippen molar-refractivity contribution in [3.05, 3.63) is 24.3 Å². The number of anilines is 1. The molecule has 8 nitrogen and oxygen atoms in total. The van der Waals surface area contributed by atoms with Gasteiger partial charge in [-0.3, -0.25) is 9.52 Å². The molecule has 0 heterocycles. The molecule has 0 bridgehead atoms. The van der Waals surface area contributed by atoms with Crippen molar-refractivity contribution < 1.29 is 26.7 Å². The van der Waals surface area contributed by atoms with E-state index in [0.717, 1.165) is 6.07 Å². The Kier molecular flexibility index (Phi) is 5.09. The second kappa shape index (κ2) is 6.20. The van der Waals surface area contributed by atoms with Crippen LogP contribution in [0.5, 0.6) is 0 Å². The first-order valence-electron chi connectivity index (χ1n) is 5.45. The quantitative estimate of drug-likeness (QED) is 0.641. The largest absolute Gasteiger partial charge is 0.481 e. The van der Waals surface area contributed by atoms with Gasteiger partial charge in [0.25, 0.3) is 0 Å². The van der Waals surface area contributed by atoms with Gasteiger partial charge in [0.2, 0.25) is 20.0 Å². The van der Waals surface area contributed by atoms with E-state index in [1.165, 1.54) is 18.2 Å². The monoisotopic (exact) mass is 322 g/mol. The third-order valence-corrected chi connectivity index (χ3v) is 4.52. The number of benzene rings is 1. The van der Waals surface area contributed by atoms with Crippen molar-refractivity contribution >= 4 is 31.7 Å². The van der Waals surface area contributed by atoms with Crippen LogP contribution in [0, 0.1) is 0 Å². The normalized spacial score (nSPS) is 12.1. The summed E-state index contributed by atoms with van der Waals surface area (Å²) in [6, 6.07) is 5.03. The summed E-state index contributed by atoms with van der Waals surface area (Å²) in [6.07, 6.45) is -0.308. The Morgan fingerprint density at radius 1 is 1.25 bits per heavy atom. The van der Waals surface area contributed by atoms with Crippen LogP contribution in [0.1, 0.15) is 12.8 Å². The summed E-state index contributed by atoms with van der Waals surface area (Å²) >= 11 is 0. The van der Waals surface area contributed by atoms with Crippen LogP contribution in [-0.2, 0) is 24.8 Å². The molecule has 112 valence electrons. The van der Waals surface area contributed by atoms with E-state index in [9.17, 15) is 21.6 Å². The van der Waals surface area contributed by atoms with E-state index in [1.807, 2.05) is 0 Å². The lowest BCUT2D eigenvalue weighted by atomic mass is 10.3. The first kappa shape index (κ1) is 16.4. The van der Waals surface area contributed by atoms with E-state index in [1.54, 1.807) is 0 Å². The first-order valence-corrected chi connectivity index (χ1v) is 8.65. The van der Waals surface area contributed by atoms with Crippen LogP contribution in [0.3, 0.4) is 0 Å². The molecule has 1 aromatic carbocycles. The molecule has 0 unspecified atom stereocenters. The molecular formula is C10H14N2O6S2. The highest BCUT2D eigenvalue weighted by Gasteiger charge is 2.13. The number of carboxylic acid groups (broad SMARTS) is 1. The van der Waals surface area contributed by atoms with Crippen LogP contribution < -0.4 is 9.86 Å². The smallest absolute Gasteiger partial charge is 0.303 e. The second-order valence-corrected chi connectivity index (χ2v) is 7.39. The Bertz CT molecular complexity index is 696. The van der Waals surface area contributed by atoms with E-state index < -0.39 is 26.0 Å². The van der Waals surface area contributed by atoms with Gasteiger partial charge in [-0.15, -0.1) is 0 Å². The number of hydrogen-bond donors (Lipinski definition) is 3. The van der Waals surface area contributed by atoms with Crippen LogP contribution in [0.15, 0.2) is 29.2 Å². The van der Waals surface area contributed by atoms with Crippen LogP contribution in [-0.4, -0.2) is 33.7 Å². The van der Waals surface area contributed by atoms with Crippen molar-refractivity contribution in [3.8, 4) is 0 Å². The van der Waals surface area contributed by atoms with Crippen molar-refractivity contribution in [2.24, 2.45) is 5.14 Å². The minimum Gasteiger partial charge on any atom is -0.481 e. The highest BCUT2D eigenvalue weighted by Crippen LogP contribution is 2.15. The molecule has 0 fully saturated rings. The molecule has 0 aromatic heterocycles. The average molecular weight is 322 g/mol. The van der Waals surface area contributed by atoms with Crippen molar-refractivity contribution in [3.63, 3.8) is 0 Å². The molecule has 0 aliphatic heterocycles. The Morgan fingerprint density at radius 3 is 2.45 bits per heavy atom. The van der Waals surface area contributed by atoms with E-state index in [4.69, 9.17) is 10.2 Å². The van der Waals surface area contributed by atoms with Crippen molar-refractivity contribution in [1.82, 2.24) is 0 Å². The maximum Gasteiger partial charge on any atom is 0.303 e. The number of aliphatic carboxylic acids is 1. The fourth-order valence-corrected chi connectivity index (χ4v) is 3.05. The summed E-state index contributed by atoms with van der Waals surface area (Å²) in [7, 11) is -7.66. The number of carbonyl (C=O) groups is 1. The first-order chi connectivity index (χ1) is 9.10. The Hall–Kier alpha value is -1.65. The highest BCUT2D eigenvalue weighted by atomic mass is 32.2. The maximum atomic E-state index is 11.7. The van der Waals surface area contributed by atoms with Gasteiger partial charge >= 0.3 is 5.97 Å². The van der Waals surface area contributed by atoms with Gasteiger partial charge in [0.15, 0.2) is 0 Å². The van der Waals surface area contributed by atoms with Gasteiger partial charge in [-0.25, -0.2) is 22.0 Å². The summed E-state index contributed by atoms with van der Waals surface area (Å²) in [4.78, 5) is 10.1. The molecular weight excluding hydrogens is 308 g/mol. The summed E-state index contributed by atoms with van der Waals surface area (Å²) < 4.78 is 47.7. The van der Waals surface area contributed by atoms with Crippen molar-refractivity contribution in [2.75, 3.05) is 10.5 Å². The number of carboxylic acids is 1. The molecule has 0 atom stereocenters. The lowest BCUT2D eigenvalue weighted by molar-refractivity contribution is -0.137. The molecule has 0 amide bonds. The van der Waals surface area contributed by atoms with Gasteiger partial charge in [-0.2, -0.15) is 0 Å². The lowest BCUT2D eigenvalue weighted by Gasteiger charge is -2.08. The van der Waals surface area contributed by atoms with E-state index >= 15 is 0 Å². The lowest BCUT2D eigenvalue weighted by Crippen LogP contribution is -2.18. The zero-order chi connectivity index (χ0) is 15.4. The third-order valence-electron chi connectivity index (χ3n) is 2.24. The predicted octanol–water partition coefficient (Wildman–Crippen LogP) is -0.0595. The standard InChI is InChI=1S/C10H14N2O6S2/c11-20(17,18)9-4-1-3-8(7-9)12-19(15,16)6-2-5-10(13)14/h1,3-4,7,12H,2,5-6H2,(H,13,14)(H2,11,17,18). The molecule has 4 N–H and O–H groups in total. The van der Waals surface area contributed by atoms with E-state index in [2.05, 4.69) is 4.72 Å². The number of rotatable bonds is 7. The molecule has 0 aliphatic rings. The second-order valence-electron chi connectivity index (χ2n) is 3.99. The van der Waals surface area contributed by atoms with Gasteiger partial charge in [0.05, 0.1) is 10.6 Å². The number of nitrogens with two attached hydrogens (primary N) is 1. The summed E-state index contributed by atoms with van der Waals surface area (Å²) in [6.45, 7) is 0. The van der Waals surface area contributed by atoms with Crippen LogP contribution >= 0.6 is 0 Å². The van der Waals surface area contributed by atoms with Gasteiger partial charge < -0.3 is 5.11 Å². The maximum absolute atomic E-state index is 11.7. The topological polar surface area (TPSA) is 144 Å². The van der Waals surface area contributed by atoms with Gasteiger partial charge in [0, 0.05) is 12.1 Å². The molecule has 0 spiro atoms. The summed E-state index contributed by atoms with van der Waals surface area (Å²) in [5, 5.41) is 13.4. The number of nitrogens with one attached hydrogen (secondary N) is 1. The minimum absolute atomic E-state index is 0.0421. The van der Waals surface area contributed by atoms with Crippen LogP contribution in [0.25, 0.3) is 0 Å². The Labute approximate surface area is 116 Å². The molecule has 0 radical (unpaired) electrons. The average Bonchev–Trinajstić information content (AvgIpc) is 2.26. The summed E-state index contributed by atoms with van der Waals surface area (Å²) in [5.74, 6) is -1.46. The highest BCUT2D eigenvalue weighted by molar-refractivity contribution is 7.92. The molecule has 20 heavy (non-hydrogen) atoms. The third kappa shape index (κ3) is 5.55. The number of hydrogen-bond acceptors (Lipinski definition) is 5. The van der Waals surface area contributed by atoms with Crippen LogP contribution in [0.4, 0.5) is 5.69 Å². The molecule has 10 heteroatoms. The minimum atomic E-state index is -3.92. The molecule has 1 aromatic rings. The molecule has 0 saturated carbocycles. The Balaban J connectivity index is 2.80. The van der Waals surface area contributed by atoms with Gasteiger partial charge in [-0.1, -0.05) is 6.07 Å². The number of primary sulfonamides is 1. The van der Waals surface area contributed by atoms with Crippen molar-refractivity contribution in [2.45, 2.75) is 17.7 Å². The SMILES string of the molecule is NS(=O)(=O)c1cccc(NS(=O)(=O)CCCC(=O)O)c1. The number of sulfonamides is 2. The Morgan fingerprint density at radius 2 is 1.90 bits per heavy atom. The predicted molar refractivity (Wildman–Crippen MR) is 72.1 cm³/mol. The van der Waals surface area contributed by atoms with Crippen LogP contribution in [0.2, 0.25) is 0 Å². The molecule has 1 rings (SSSR count). The molecule has 0 saturated heterocycles.